The van der Waals surface area contributed by atoms with Crippen molar-refractivity contribution < 1.29 is 9.53 Å². The van der Waals surface area contributed by atoms with Crippen LogP contribution in [0.15, 0.2) is 73.3 Å². The fourth-order valence-corrected chi connectivity index (χ4v) is 4.49. The van der Waals surface area contributed by atoms with Crippen LogP contribution in [0.1, 0.15) is 58.3 Å². The van der Waals surface area contributed by atoms with Gasteiger partial charge in [-0.2, -0.15) is 4.98 Å². The molecule has 1 amide bonds. The molecular weight excluding hydrogens is 438 g/mol. The molecule has 1 unspecified atom stereocenters. The largest absolute Gasteiger partial charge is 0.439 e. The van der Waals surface area contributed by atoms with Crippen molar-refractivity contribution >= 4 is 5.91 Å². The lowest BCUT2D eigenvalue weighted by Gasteiger charge is -2.35. The van der Waals surface area contributed by atoms with Crippen LogP contribution in [-0.2, 0) is 6.54 Å². The van der Waals surface area contributed by atoms with Gasteiger partial charge in [0.1, 0.15) is 5.75 Å². The molecule has 7 heteroatoms. The lowest BCUT2D eigenvalue weighted by atomic mass is 9.99. The minimum absolute atomic E-state index is 0.00768. The fraction of sp³-hybridized carbons (Fsp3) is 0.286. The van der Waals surface area contributed by atoms with Gasteiger partial charge in [0.05, 0.1) is 12.4 Å². The molecule has 2 aromatic carbocycles. The summed E-state index contributed by atoms with van der Waals surface area (Å²) in [5, 5.41) is 0. The van der Waals surface area contributed by atoms with Gasteiger partial charge in [-0.15, -0.1) is 0 Å². The molecule has 0 N–H and O–H groups in total. The summed E-state index contributed by atoms with van der Waals surface area (Å²) in [6.07, 6.45) is 8.27. The SMILES string of the molecule is Cc1ccc(Oc2cc(C)nc(C3CCCCN3C(=O)c3cccc(Cn4ccnc4)c3)n2)cc1. The molecule has 178 valence electrons. The van der Waals surface area contributed by atoms with Crippen molar-refractivity contribution in [3.63, 3.8) is 0 Å². The molecular formula is C28H29N5O2. The highest BCUT2D eigenvalue weighted by atomic mass is 16.5. The molecule has 1 aliphatic heterocycles. The number of nitrogens with zero attached hydrogens (tertiary/aromatic N) is 5. The number of carbonyl (C=O) groups is 1. The second-order valence-corrected chi connectivity index (χ2v) is 9.07. The molecule has 35 heavy (non-hydrogen) atoms. The maximum absolute atomic E-state index is 13.7. The standard InChI is InChI=1S/C28H29N5O2/c1-20-9-11-24(12-10-20)35-26-16-21(2)30-27(31-26)25-8-3-4-14-33(25)28(34)23-7-5-6-22(17-23)18-32-15-13-29-19-32/h5-7,9-13,15-17,19,25H,3-4,8,14,18H2,1-2H3. The summed E-state index contributed by atoms with van der Waals surface area (Å²) in [5.74, 6) is 1.87. The number of aryl methyl sites for hydroxylation is 2. The minimum atomic E-state index is -0.186. The summed E-state index contributed by atoms with van der Waals surface area (Å²) >= 11 is 0. The van der Waals surface area contributed by atoms with Gasteiger partial charge in [0, 0.05) is 42.8 Å². The molecule has 2 aromatic heterocycles. The van der Waals surface area contributed by atoms with Crippen LogP contribution in [0.2, 0.25) is 0 Å². The van der Waals surface area contributed by atoms with Crippen LogP contribution in [0.25, 0.3) is 0 Å². The number of aromatic nitrogens is 4. The summed E-state index contributed by atoms with van der Waals surface area (Å²) < 4.78 is 8.02. The highest BCUT2D eigenvalue weighted by molar-refractivity contribution is 5.94. The molecule has 1 saturated heterocycles. The summed E-state index contributed by atoms with van der Waals surface area (Å²) in [5.41, 5.74) is 3.72. The maximum atomic E-state index is 13.7. The van der Waals surface area contributed by atoms with Crippen LogP contribution in [0, 0.1) is 13.8 Å². The molecule has 4 aromatic rings. The van der Waals surface area contributed by atoms with E-state index in [1.807, 2.05) is 84.1 Å². The first kappa shape index (κ1) is 22.8. The van der Waals surface area contributed by atoms with Gasteiger partial charge < -0.3 is 14.2 Å². The van der Waals surface area contributed by atoms with Crippen molar-refractivity contribution in [2.24, 2.45) is 0 Å². The molecule has 1 aliphatic rings. The van der Waals surface area contributed by atoms with E-state index >= 15 is 0 Å². The van der Waals surface area contributed by atoms with Gasteiger partial charge in [-0.1, -0.05) is 29.8 Å². The number of likely N-dealkylation sites (tertiary alicyclic amines) is 1. The minimum Gasteiger partial charge on any atom is -0.439 e. The summed E-state index contributed by atoms with van der Waals surface area (Å²) in [6, 6.07) is 17.3. The summed E-state index contributed by atoms with van der Waals surface area (Å²) in [7, 11) is 0. The average Bonchev–Trinajstić information content (AvgIpc) is 3.38. The Kier molecular flexibility index (Phi) is 6.57. The lowest BCUT2D eigenvalue weighted by Crippen LogP contribution is -2.39. The number of hydrogen-bond acceptors (Lipinski definition) is 5. The van der Waals surface area contributed by atoms with E-state index in [2.05, 4.69) is 4.98 Å². The second-order valence-electron chi connectivity index (χ2n) is 9.07. The van der Waals surface area contributed by atoms with E-state index in [9.17, 15) is 4.79 Å². The zero-order valence-electron chi connectivity index (χ0n) is 20.1. The predicted molar refractivity (Wildman–Crippen MR) is 133 cm³/mol. The van der Waals surface area contributed by atoms with E-state index in [-0.39, 0.29) is 11.9 Å². The third kappa shape index (κ3) is 5.40. The quantitative estimate of drug-likeness (QED) is 0.374. The van der Waals surface area contributed by atoms with Crippen LogP contribution < -0.4 is 4.74 Å². The number of benzene rings is 2. The third-order valence-corrected chi connectivity index (χ3v) is 6.25. The monoisotopic (exact) mass is 467 g/mol. The number of rotatable bonds is 6. The zero-order valence-corrected chi connectivity index (χ0v) is 20.1. The van der Waals surface area contributed by atoms with Gasteiger partial charge in [0.15, 0.2) is 5.82 Å². The predicted octanol–water partition coefficient (Wildman–Crippen LogP) is 5.50. The molecule has 0 radical (unpaired) electrons. The van der Waals surface area contributed by atoms with Crippen molar-refractivity contribution in [2.75, 3.05) is 6.54 Å². The van der Waals surface area contributed by atoms with E-state index < -0.39 is 0 Å². The Bertz CT molecular complexity index is 1300. The number of hydrogen-bond donors (Lipinski definition) is 0. The highest BCUT2D eigenvalue weighted by Gasteiger charge is 2.31. The smallest absolute Gasteiger partial charge is 0.254 e. The Balaban J connectivity index is 1.39. The van der Waals surface area contributed by atoms with E-state index in [1.54, 1.807) is 12.5 Å². The van der Waals surface area contributed by atoms with Gasteiger partial charge in [-0.05, 0) is 62.9 Å². The molecule has 0 aliphatic carbocycles. The summed E-state index contributed by atoms with van der Waals surface area (Å²) in [4.78, 5) is 29.1. The first-order valence-corrected chi connectivity index (χ1v) is 12.0. The van der Waals surface area contributed by atoms with Crippen LogP contribution in [0.5, 0.6) is 11.6 Å². The van der Waals surface area contributed by atoms with E-state index in [4.69, 9.17) is 14.7 Å². The van der Waals surface area contributed by atoms with Gasteiger partial charge in [-0.25, -0.2) is 9.97 Å². The molecule has 1 atom stereocenters. The first-order valence-electron chi connectivity index (χ1n) is 12.0. The Morgan fingerprint density at radius 2 is 1.91 bits per heavy atom. The van der Waals surface area contributed by atoms with Crippen LogP contribution >= 0.6 is 0 Å². The molecule has 0 spiro atoms. The van der Waals surface area contributed by atoms with Crippen LogP contribution in [-0.4, -0.2) is 36.9 Å². The number of carbonyl (C=O) groups excluding carboxylic acids is 1. The van der Waals surface area contributed by atoms with Crippen LogP contribution in [0.4, 0.5) is 0 Å². The topological polar surface area (TPSA) is 73.1 Å². The second kappa shape index (κ2) is 10.1. The van der Waals surface area contributed by atoms with Gasteiger partial charge >= 0.3 is 0 Å². The number of ether oxygens (including phenoxy) is 1. The number of amides is 1. The Morgan fingerprint density at radius 3 is 2.71 bits per heavy atom. The number of piperidine rings is 1. The zero-order chi connectivity index (χ0) is 24.2. The Hall–Kier alpha value is -4.00. The summed E-state index contributed by atoms with van der Waals surface area (Å²) in [6.45, 7) is 5.33. The number of imidazole rings is 1. The average molecular weight is 468 g/mol. The van der Waals surface area contributed by atoms with Crippen molar-refractivity contribution in [3.05, 3.63) is 102 Å². The van der Waals surface area contributed by atoms with E-state index in [1.165, 1.54) is 5.56 Å². The molecule has 0 saturated carbocycles. The highest BCUT2D eigenvalue weighted by Crippen LogP contribution is 2.32. The van der Waals surface area contributed by atoms with Crippen LogP contribution in [0.3, 0.4) is 0 Å². The van der Waals surface area contributed by atoms with Gasteiger partial charge in [0.2, 0.25) is 5.88 Å². The lowest BCUT2D eigenvalue weighted by molar-refractivity contribution is 0.0598. The fourth-order valence-electron chi connectivity index (χ4n) is 4.49. The molecule has 7 nitrogen and oxygen atoms in total. The maximum Gasteiger partial charge on any atom is 0.254 e. The molecule has 5 rings (SSSR count). The molecule has 0 bridgehead atoms. The third-order valence-electron chi connectivity index (χ3n) is 6.25. The van der Waals surface area contributed by atoms with E-state index in [0.717, 1.165) is 36.3 Å². The Morgan fingerprint density at radius 1 is 1.06 bits per heavy atom. The molecule has 3 heterocycles. The van der Waals surface area contributed by atoms with Gasteiger partial charge in [-0.3, -0.25) is 4.79 Å². The van der Waals surface area contributed by atoms with Crippen molar-refractivity contribution in [1.82, 2.24) is 24.4 Å². The first-order chi connectivity index (χ1) is 17.0. The Labute approximate surface area is 205 Å². The van der Waals surface area contributed by atoms with Crippen molar-refractivity contribution in [3.8, 4) is 11.6 Å². The van der Waals surface area contributed by atoms with Gasteiger partial charge in [0.25, 0.3) is 5.91 Å². The van der Waals surface area contributed by atoms with Crippen molar-refractivity contribution in [1.29, 1.82) is 0 Å². The molecule has 1 fully saturated rings. The normalized spacial score (nSPS) is 15.7. The van der Waals surface area contributed by atoms with Crippen molar-refractivity contribution in [2.45, 2.75) is 45.7 Å². The van der Waals surface area contributed by atoms with E-state index in [0.29, 0.717) is 30.4 Å².